The molecule has 5 nitrogen and oxygen atoms in total. The number of rotatable bonds is 5. The fourth-order valence-corrected chi connectivity index (χ4v) is 3.65. The van der Waals surface area contributed by atoms with Crippen LogP contribution in [0.4, 0.5) is 5.69 Å². The van der Waals surface area contributed by atoms with Gasteiger partial charge in [-0.25, -0.2) is 0 Å². The SMILES string of the molecule is O=C(NC1(CO)CCCC1)c1cccc(NC(=O)c2cccs2)c1. The molecule has 0 spiro atoms. The van der Waals surface area contributed by atoms with Crippen molar-refractivity contribution < 1.29 is 14.7 Å². The summed E-state index contributed by atoms with van der Waals surface area (Å²) in [5.41, 5.74) is 0.539. The number of carbonyl (C=O) groups is 2. The van der Waals surface area contributed by atoms with Crippen LogP contribution in [0.15, 0.2) is 41.8 Å². The van der Waals surface area contributed by atoms with Crippen LogP contribution in [0, 0.1) is 0 Å². The van der Waals surface area contributed by atoms with Gasteiger partial charge in [0.2, 0.25) is 0 Å². The van der Waals surface area contributed by atoms with Gasteiger partial charge >= 0.3 is 0 Å². The second-order valence-corrected chi connectivity index (χ2v) is 7.06. The molecule has 3 N–H and O–H groups in total. The Balaban J connectivity index is 1.70. The summed E-state index contributed by atoms with van der Waals surface area (Å²) in [6, 6.07) is 10.4. The second kappa shape index (κ2) is 7.15. The van der Waals surface area contributed by atoms with Crippen molar-refractivity contribution in [1.29, 1.82) is 0 Å². The first-order chi connectivity index (χ1) is 11.6. The maximum Gasteiger partial charge on any atom is 0.265 e. The predicted octanol–water partition coefficient (Wildman–Crippen LogP) is 3.04. The maximum absolute atomic E-state index is 12.5. The normalized spacial score (nSPS) is 15.9. The first kappa shape index (κ1) is 16.7. The summed E-state index contributed by atoms with van der Waals surface area (Å²) in [5, 5.41) is 17.2. The van der Waals surface area contributed by atoms with E-state index in [1.54, 1.807) is 30.3 Å². The molecule has 0 bridgehead atoms. The second-order valence-electron chi connectivity index (χ2n) is 6.11. The average Bonchev–Trinajstić information content (AvgIpc) is 3.27. The highest BCUT2D eigenvalue weighted by Crippen LogP contribution is 2.29. The molecule has 0 atom stereocenters. The van der Waals surface area contributed by atoms with Gasteiger partial charge in [0.05, 0.1) is 17.0 Å². The van der Waals surface area contributed by atoms with E-state index in [9.17, 15) is 14.7 Å². The highest BCUT2D eigenvalue weighted by atomic mass is 32.1. The van der Waals surface area contributed by atoms with E-state index in [1.165, 1.54) is 11.3 Å². The minimum atomic E-state index is -0.507. The van der Waals surface area contributed by atoms with E-state index in [-0.39, 0.29) is 18.4 Å². The molecule has 1 heterocycles. The Labute approximate surface area is 144 Å². The Kier molecular flexibility index (Phi) is 4.97. The van der Waals surface area contributed by atoms with Crippen molar-refractivity contribution in [2.45, 2.75) is 31.2 Å². The van der Waals surface area contributed by atoms with E-state index in [0.717, 1.165) is 25.7 Å². The number of hydrogen-bond donors (Lipinski definition) is 3. The third kappa shape index (κ3) is 3.66. The number of nitrogens with one attached hydrogen (secondary N) is 2. The number of benzene rings is 1. The highest BCUT2D eigenvalue weighted by molar-refractivity contribution is 7.12. The lowest BCUT2D eigenvalue weighted by molar-refractivity contribution is 0.0838. The quantitative estimate of drug-likeness (QED) is 0.780. The van der Waals surface area contributed by atoms with Crippen LogP contribution in [-0.2, 0) is 0 Å². The van der Waals surface area contributed by atoms with Gasteiger partial charge < -0.3 is 15.7 Å². The number of thiophene rings is 1. The van der Waals surface area contributed by atoms with Crippen molar-refractivity contribution >= 4 is 28.8 Å². The molecule has 0 radical (unpaired) electrons. The monoisotopic (exact) mass is 344 g/mol. The summed E-state index contributed by atoms with van der Waals surface area (Å²) in [5.74, 6) is -0.414. The molecular formula is C18H20N2O3S. The van der Waals surface area contributed by atoms with Gasteiger partial charge in [-0.05, 0) is 42.5 Å². The topological polar surface area (TPSA) is 78.4 Å². The molecule has 1 aromatic heterocycles. The van der Waals surface area contributed by atoms with E-state index >= 15 is 0 Å². The molecule has 1 fully saturated rings. The Bertz CT molecular complexity index is 722. The number of anilines is 1. The molecule has 1 aliphatic rings. The third-order valence-electron chi connectivity index (χ3n) is 4.37. The summed E-state index contributed by atoms with van der Waals surface area (Å²) < 4.78 is 0. The molecule has 2 amide bonds. The smallest absolute Gasteiger partial charge is 0.265 e. The number of aliphatic hydroxyl groups excluding tert-OH is 1. The van der Waals surface area contributed by atoms with E-state index < -0.39 is 5.54 Å². The standard InChI is InChI=1S/C18H20N2O3S/c21-12-18(8-1-2-9-18)20-16(22)13-5-3-6-14(11-13)19-17(23)15-7-4-10-24-15/h3-7,10-11,21H,1-2,8-9,12H2,(H,19,23)(H,20,22). The molecule has 0 unspecified atom stereocenters. The lowest BCUT2D eigenvalue weighted by Gasteiger charge is -2.28. The predicted molar refractivity (Wildman–Crippen MR) is 94.5 cm³/mol. The van der Waals surface area contributed by atoms with E-state index in [2.05, 4.69) is 10.6 Å². The van der Waals surface area contributed by atoms with Crippen molar-refractivity contribution in [3.8, 4) is 0 Å². The summed E-state index contributed by atoms with van der Waals surface area (Å²) in [6.07, 6.45) is 3.61. The van der Waals surface area contributed by atoms with Crippen LogP contribution in [0.25, 0.3) is 0 Å². The maximum atomic E-state index is 12.5. The van der Waals surface area contributed by atoms with Gasteiger partial charge in [-0.2, -0.15) is 0 Å². The Hall–Kier alpha value is -2.18. The van der Waals surface area contributed by atoms with E-state index in [1.807, 2.05) is 11.4 Å². The highest BCUT2D eigenvalue weighted by Gasteiger charge is 2.34. The molecule has 3 rings (SSSR count). The summed E-state index contributed by atoms with van der Waals surface area (Å²) in [4.78, 5) is 25.2. The van der Waals surface area contributed by atoms with Crippen molar-refractivity contribution in [3.63, 3.8) is 0 Å². The first-order valence-electron chi connectivity index (χ1n) is 8.00. The van der Waals surface area contributed by atoms with Gasteiger partial charge in [0.15, 0.2) is 0 Å². The summed E-state index contributed by atoms with van der Waals surface area (Å²) >= 11 is 1.37. The van der Waals surface area contributed by atoms with Gasteiger partial charge in [-0.1, -0.05) is 25.0 Å². The Morgan fingerprint density at radius 3 is 2.58 bits per heavy atom. The van der Waals surface area contributed by atoms with Crippen LogP contribution in [0.1, 0.15) is 45.7 Å². The zero-order chi connectivity index (χ0) is 17.0. The lowest BCUT2D eigenvalue weighted by Crippen LogP contribution is -2.49. The zero-order valence-corrected chi connectivity index (χ0v) is 14.1. The van der Waals surface area contributed by atoms with Gasteiger partial charge in [-0.3, -0.25) is 9.59 Å². The minimum Gasteiger partial charge on any atom is -0.394 e. The number of carbonyl (C=O) groups excluding carboxylic acids is 2. The minimum absolute atomic E-state index is 0.0481. The molecule has 6 heteroatoms. The van der Waals surface area contributed by atoms with Crippen LogP contribution in [0.2, 0.25) is 0 Å². The van der Waals surface area contributed by atoms with E-state index in [4.69, 9.17) is 0 Å². The van der Waals surface area contributed by atoms with Crippen molar-refractivity contribution in [2.75, 3.05) is 11.9 Å². The first-order valence-corrected chi connectivity index (χ1v) is 8.88. The van der Waals surface area contributed by atoms with Crippen LogP contribution < -0.4 is 10.6 Å². The molecule has 24 heavy (non-hydrogen) atoms. The fourth-order valence-electron chi connectivity index (χ4n) is 3.03. The van der Waals surface area contributed by atoms with Crippen molar-refractivity contribution in [1.82, 2.24) is 5.32 Å². The largest absolute Gasteiger partial charge is 0.394 e. The van der Waals surface area contributed by atoms with Crippen molar-refractivity contribution in [2.24, 2.45) is 0 Å². The number of aliphatic hydroxyl groups is 1. The molecule has 1 aromatic carbocycles. The Morgan fingerprint density at radius 2 is 1.92 bits per heavy atom. The average molecular weight is 344 g/mol. The van der Waals surface area contributed by atoms with Gasteiger partial charge in [-0.15, -0.1) is 11.3 Å². The molecule has 1 aliphatic carbocycles. The molecule has 0 aliphatic heterocycles. The Morgan fingerprint density at radius 1 is 1.12 bits per heavy atom. The van der Waals surface area contributed by atoms with Gasteiger partial charge in [0.25, 0.3) is 11.8 Å². The molecule has 0 saturated heterocycles. The third-order valence-corrected chi connectivity index (χ3v) is 5.24. The van der Waals surface area contributed by atoms with Gasteiger partial charge in [0, 0.05) is 11.3 Å². The summed E-state index contributed by atoms with van der Waals surface area (Å²) in [6.45, 7) is -0.0481. The molecule has 126 valence electrons. The fraction of sp³-hybridized carbons (Fsp3) is 0.333. The van der Waals surface area contributed by atoms with Crippen LogP contribution in [-0.4, -0.2) is 29.1 Å². The van der Waals surface area contributed by atoms with Gasteiger partial charge in [0.1, 0.15) is 0 Å². The van der Waals surface area contributed by atoms with E-state index in [0.29, 0.717) is 16.1 Å². The van der Waals surface area contributed by atoms with Crippen molar-refractivity contribution in [3.05, 3.63) is 52.2 Å². The summed E-state index contributed by atoms with van der Waals surface area (Å²) in [7, 11) is 0. The molecule has 1 saturated carbocycles. The zero-order valence-electron chi connectivity index (χ0n) is 13.2. The molecular weight excluding hydrogens is 324 g/mol. The lowest BCUT2D eigenvalue weighted by atomic mass is 9.98. The molecule has 2 aromatic rings. The van der Waals surface area contributed by atoms with Crippen LogP contribution in [0.5, 0.6) is 0 Å². The number of hydrogen-bond acceptors (Lipinski definition) is 4. The van der Waals surface area contributed by atoms with Crippen LogP contribution in [0.3, 0.4) is 0 Å². The number of amides is 2. The van der Waals surface area contributed by atoms with Crippen LogP contribution >= 0.6 is 11.3 Å².